The molecule has 1 aromatic heterocycles. The van der Waals surface area contributed by atoms with Gasteiger partial charge in [-0.25, -0.2) is 4.39 Å². The van der Waals surface area contributed by atoms with Gasteiger partial charge in [0.2, 0.25) is 0 Å². The largest absolute Gasteiger partial charge is 0.398 e. The molecule has 5 heteroatoms. The molecule has 2 aromatic rings. The number of amides is 1. The van der Waals surface area contributed by atoms with Crippen LogP contribution in [-0.4, -0.2) is 10.9 Å². The minimum atomic E-state index is -0.471. The molecule has 0 fully saturated rings. The lowest BCUT2D eigenvalue weighted by Crippen LogP contribution is -2.14. The zero-order valence-corrected chi connectivity index (χ0v) is 9.77. The van der Waals surface area contributed by atoms with E-state index in [2.05, 4.69) is 10.3 Å². The summed E-state index contributed by atoms with van der Waals surface area (Å²) in [5.41, 5.74) is 7.34. The lowest BCUT2D eigenvalue weighted by Gasteiger charge is -2.07. The molecule has 0 atom stereocenters. The van der Waals surface area contributed by atoms with Crippen LogP contribution in [0.25, 0.3) is 0 Å². The van der Waals surface area contributed by atoms with Gasteiger partial charge in [-0.2, -0.15) is 0 Å². The van der Waals surface area contributed by atoms with Gasteiger partial charge in [0.15, 0.2) is 0 Å². The number of nitrogens with one attached hydrogen (secondary N) is 1. The molecule has 1 heterocycles. The third kappa shape index (κ3) is 2.63. The van der Waals surface area contributed by atoms with Gasteiger partial charge in [-0.3, -0.25) is 9.78 Å². The number of rotatable bonds is 2. The highest BCUT2D eigenvalue weighted by Gasteiger charge is 2.10. The van der Waals surface area contributed by atoms with Crippen molar-refractivity contribution in [2.75, 3.05) is 11.1 Å². The molecule has 92 valence electrons. The van der Waals surface area contributed by atoms with E-state index in [9.17, 15) is 9.18 Å². The topological polar surface area (TPSA) is 68.0 Å². The van der Waals surface area contributed by atoms with Gasteiger partial charge in [-0.1, -0.05) is 0 Å². The van der Waals surface area contributed by atoms with Crippen LogP contribution in [0.2, 0.25) is 0 Å². The van der Waals surface area contributed by atoms with Crippen molar-refractivity contribution in [2.45, 2.75) is 6.92 Å². The zero-order valence-electron chi connectivity index (χ0n) is 9.77. The first kappa shape index (κ1) is 12.0. The lowest BCUT2D eigenvalue weighted by molar-refractivity contribution is 0.102. The number of nitrogens with two attached hydrogens (primary N) is 1. The molecule has 1 amide bonds. The van der Waals surface area contributed by atoms with E-state index in [1.165, 1.54) is 12.1 Å². The molecule has 0 unspecified atom stereocenters. The fourth-order valence-corrected chi connectivity index (χ4v) is 1.48. The second-order valence-corrected chi connectivity index (χ2v) is 3.87. The Labute approximate surface area is 104 Å². The number of halogens is 1. The van der Waals surface area contributed by atoms with Gasteiger partial charge < -0.3 is 11.1 Å². The van der Waals surface area contributed by atoms with Crippen LogP contribution in [0.4, 0.5) is 15.8 Å². The van der Waals surface area contributed by atoms with Crippen molar-refractivity contribution < 1.29 is 9.18 Å². The summed E-state index contributed by atoms with van der Waals surface area (Å²) in [6.07, 6.45) is 1.55. The molecule has 0 aliphatic carbocycles. The number of aromatic nitrogens is 1. The Bertz CT molecular complexity index is 581. The van der Waals surface area contributed by atoms with Crippen molar-refractivity contribution in [2.24, 2.45) is 0 Å². The molecule has 0 spiro atoms. The maximum absolute atomic E-state index is 12.9. The Morgan fingerprint density at radius 3 is 2.72 bits per heavy atom. The summed E-state index contributed by atoms with van der Waals surface area (Å²) in [4.78, 5) is 15.9. The van der Waals surface area contributed by atoms with Gasteiger partial charge in [-0.05, 0) is 37.3 Å². The maximum Gasteiger partial charge on any atom is 0.257 e. The Balaban J connectivity index is 2.19. The highest BCUT2D eigenvalue weighted by Crippen LogP contribution is 2.15. The number of nitrogens with zero attached hydrogens (tertiary/aromatic N) is 1. The van der Waals surface area contributed by atoms with Crippen molar-refractivity contribution in [3.63, 3.8) is 0 Å². The molecule has 18 heavy (non-hydrogen) atoms. The molecule has 2 rings (SSSR count). The standard InChI is InChI=1S/C13H12FN3O/c1-8-2-4-10(7-16-8)17-13(18)11-5-3-9(14)6-12(11)15/h2-7H,15H2,1H3,(H,17,18). The normalized spacial score (nSPS) is 10.1. The summed E-state index contributed by atoms with van der Waals surface area (Å²) >= 11 is 0. The fourth-order valence-electron chi connectivity index (χ4n) is 1.48. The van der Waals surface area contributed by atoms with Gasteiger partial charge in [0.1, 0.15) is 5.82 Å². The van der Waals surface area contributed by atoms with Crippen LogP contribution < -0.4 is 11.1 Å². The summed E-state index contributed by atoms with van der Waals surface area (Å²) in [6, 6.07) is 7.17. The first-order chi connectivity index (χ1) is 8.56. The Morgan fingerprint density at radius 1 is 1.33 bits per heavy atom. The van der Waals surface area contributed by atoms with Gasteiger partial charge in [0.05, 0.1) is 17.4 Å². The third-order valence-corrected chi connectivity index (χ3v) is 2.43. The maximum atomic E-state index is 12.9. The number of hydrogen-bond donors (Lipinski definition) is 2. The number of benzene rings is 1. The van der Waals surface area contributed by atoms with E-state index in [1.54, 1.807) is 18.3 Å². The molecule has 4 nitrogen and oxygen atoms in total. The predicted octanol–water partition coefficient (Wildman–Crippen LogP) is 2.36. The Kier molecular flexibility index (Phi) is 3.23. The molecule has 0 radical (unpaired) electrons. The SMILES string of the molecule is Cc1ccc(NC(=O)c2ccc(F)cc2N)cn1. The number of anilines is 2. The summed E-state index contributed by atoms with van der Waals surface area (Å²) in [6.45, 7) is 1.85. The third-order valence-electron chi connectivity index (χ3n) is 2.43. The van der Waals surface area contributed by atoms with Crippen LogP contribution in [-0.2, 0) is 0 Å². The van der Waals surface area contributed by atoms with E-state index in [0.717, 1.165) is 11.8 Å². The summed E-state index contributed by atoms with van der Waals surface area (Å²) in [7, 11) is 0. The zero-order chi connectivity index (χ0) is 13.1. The number of carbonyl (C=O) groups excluding carboxylic acids is 1. The Morgan fingerprint density at radius 2 is 2.11 bits per heavy atom. The first-order valence-electron chi connectivity index (χ1n) is 5.35. The molecule has 0 saturated heterocycles. The first-order valence-corrected chi connectivity index (χ1v) is 5.35. The molecular weight excluding hydrogens is 233 g/mol. The molecule has 0 saturated carbocycles. The molecule has 0 aliphatic rings. The Hall–Kier alpha value is -2.43. The summed E-state index contributed by atoms with van der Waals surface area (Å²) < 4.78 is 12.9. The van der Waals surface area contributed by atoms with Crippen LogP contribution in [0.3, 0.4) is 0 Å². The van der Waals surface area contributed by atoms with Crippen LogP contribution >= 0.6 is 0 Å². The molecular formula is C13H12FN3O. The smallest absolute Gasteiger partial charge is 0.257 e. The molecule has 3 N–H and O–H groups in total. The molecule has 0 aliphatic heterocycles. The summed E-state index contributed by atoms with van der Waals surface area (Å²) in [5.74, 6) is -0.862. The van der Waals surface area contributed by atoms with Crippen molar-refractivity contribution >= 4 is 17.3 Å². The highest BCUT2D eigenvalue weighted by molar-refractivity contribution is 6.07. The van der Waals surface area contributed by atoms with Crippen LogP contribution in [0.5, 0.6) is 0 Å². The average molecular weight is 245 g/mol. The highest BCUT2D eigenvalue weighted by atomic mass is 19.1. The van der Waals surface area contributed by atoms with E-state index in [1.807, 2.05) is 6.92 Å². The monoisotopic (exact) mass is 245 g/mol. The van der Waals surface area contributed by atoms with Crippen LogP contribution in [0, 0.1) is 12.7 Å². The lowest BCUT2D eigenvalue weighted by atomic mass is 10.1. The number of nitrogen functional groups attached to an aromatic ring is 1. The molecule has 1 aromatic carbocycles. The predicted molar refractivity (Wildman–Crippen MR) is 67.7 cm³/mol. The van der Waals surface area contributed by atoms with Crippen molar-refractivity contribution in [1.29, 1.82) is 0 Å². The summed E-state index contributed by atoms with van der Waals surface area (Å²) in [5, 5.41) is 2.64. The van der Waals surface area contributed by atoms with Crippen LogP contribution in [0.1, 0.15) is 16.1 Å². The van der Waals surface area contributed by atoms with Gasteiger partial charge in [-0.15, -0.1) is 0 Å². The van der Waals surface area contributed by atoms with Crippen molar-refractivity contribution in [1.82, 2.24) is 4.98 Å². The number of pyridine rings is 1. The van der Waals surface area contributed by atoms with E-state index < -0.39 is 11.7 Å². The quantitative estimate of drug-likeness (QED) is 0.798. The number of aryl methyl sites for hydroxylation is 1. The minimum absolute atomic E-state index is 0.104. The van der Waals surface area contributed by atoms with E-state index in [4.69, 9.17) is 5.73 Å². The van der Waals surface area contributed by atoms with Crippen molar-refractivity contribution in [3.05, 3.63) is 53.6 Å². The average Bonchev–Trinajstić information content (AvgIpc) is 2.32. The van der Waals surface area contributed by atoms with Gasteiger partial charge in [0.25, 0.3) is 5.91 Å². The molecule has 0 bridgehead atoms. The number of carbonyl (C=O) groups is 1. The fraction of sp³-hybridized carbons (Fsp3) is 0.0769. The van der Waals surface area contributed by atoms with Gasteiger partial charge in [0, 0.05) is 11.4 Å². The minimum Gasteiger partial charge on any atom is -0.398 e. The second kappa shape index (κ2) is 4.83. The van der Waals surface area contributed by atoms with Gasteiger partial charge >= 0.3 is 0 Å². The second-order valence-electron chi connectivity index (χ2n) is 3.87. The van der Waals surface area contributed by atoms with Crippen LogP contribution in [0.15, 0.2) is 36.5 Å². The number of hydrogen-bond acceptors (Lipinski definition) is 3. The van der Waals surface area contributed by atoms with E-state index in [0.29, 0.717) is 5.69 Å². The van der Waals surface area contributed by atoms with E-state index >= 15 is 0 Å². The van der Waals surface area contributed by atoms with Crippen molar-refractivity contribution in [3.8, 4) is 0 Å². The van der Waals surface area contributed by atoms with E-state index in [-0.39, 0.29) is 11.3 Å².